The van der Waals surface area contributed by atoms with Crippen LogP contribution in [0.15, 0.2) is 24.3 Å². The van der Waals surface area contributed by atoms with Gasteiger partial charge < -0.3 is 15.3 Å². The number of amides is 2. The Morgan fingerprint density at radius 2 is 2.05 bits per heavy atom. The maximum absolute atomic E-state index is 12.2. The molecule has 1 unspecified atom stereocenters. The molecule has 0 saturated carbocycles. The van der Waals surface area contributed by atoms with Crippen LogP contribution in [0.3, 0.4) is 0 Å². The molecule has 21 heavy (non-hydrogen) atoms. The van der Waals surface area contributed by atoms with Crippen molar-refractivity contribution in [1.29, 1.82) is 0 Å². The zero-order valence-corrected chi connectivity index (χ0v) is 12.3. The number of hydrogen-bond donors (Lipinski definition) is 2. The van der Waals surface area contributed by atoms with Gasteiger partial charge in [-0.05, 0) is 44.7 Å². The van der Waals surface area contributed by atoms with Gasteiger partial charge in [0.2, 0.25) is 0 Å². The van der Waals surface area contributed by atoms with Gasteiger partial charge in [-0.3, -0.25) is 9.59 Å². The zero-order valence-electron chi connectivity index (χ0n) is 12.3. The second-order valence-electron chi connectivity index (χ2n) is 5.48. The number of aryl methyl sites for hydroxylation is 1. The number of benzene rings is 1. The Morgan fingerprint density at radius 3 is 2.71 bits per heavy atom. The van der Waals surface area contributed by atoms with Gasteiger partial charge in [-0.25, -0.2) is 0 Å². The van der Waals surface area contributed by atoms with Crippen molar-refractivity contribution in [3.05, 3.63) is 29.8 Å². The number of rotatable bonds is 4. The van der Waals surface area contributed by atoms with Gasteiger partial charge in [-0.15, -0.1) is 0 Å². The predicted molar refractivity (Wildman–Crippen MR) is 80.9 cm³/mol. The monoisotopic (exact) mass is 290 g/mol. The van der Waals surface area contributed by atoms with Gasteiger partial charge in [-0.2, -0.15) is 0 Å². The summed E-state index contributed by atoms with van der Waals surface area (Å²) in [4.78, 5) is 25.9. The molecular weight excluding hydrogens is 268 g/mol. The second-order valence-corrected chi connectivity index (χ2v) is 5.48. The number of likely N-dealkylation sites (tertiary alicyclic amines) is 1. The fourth-order valence-electron chi connectivity index (χ4n) is 2.68. The lowest BCUT2D eigenvalue weighted by Gasteiger charge is -2.23. The molecule has 1 aliphatic rings. The minimum atomic E-state index is -0.588. The summed E-state index contributed by atoms with van der Waals surface area (Å²) in [6.45, 7) is 2.71. The lowest BCUT2D eigenvalue weighted by molar-refractivity contribution is -0.143. The molecule has 1 fully saturated rings. The lowest BCUT2D eigenvalue weighted by atomic mass is 10.1. The van der Waals surface area contributed by atoms with Crippen molar-refractivity contribution in [3.8, 4) is 0 Å². The Kier molecular flexibility index (Phi) is 5.33. The largest absolute Gasteiger partial charge is 0.396 e. The third-order valence-electron chi connectivity index (χ3n) is 3.84. The van der Waals surface area contributed by atoms with Gasteiger partial charge in [0.1, 0.15) is 0 Å². The topological polar surface area (TPSA) is 69.6 Å². The van der Waals surface area contributed by atoms with Crippen molar-refractivity contribution < 1.29 is 14.7 Å². The van der Waals surface area contributed by atoms with E-state index in [1.54, 1.807) is 17.0 Å². The summed E-state index contributed by atoms with van der Waals surface area (Å²) in [6.07, 6.45) is 3.23. The average Bonchev–Trinajstić information content (AvgIpc) is 2.95. The van der Waals surface area contributed by atoms with Gasteiger partial charge in [0.15, 0.2) is 0 Å². The Labute approximate surface area is 125 Å². The van der Waals surface area contributed by atoms with Crippen LogP contribution < -0.4 is 5.32 Å². The summed E-state index contributed by atoms with van der Waals surface area (Å²) >= 11 is 0. The highest BCUT2D eigenvalue weighted by molar-refractivity contribution is 6.39. The number of aliphatic hydroxyl groups is 1. The van der Waals surface area contributed by atoms with E-state index < -0.39 is 11.8 Å². The van der Waals surface area contributed by atoms with Gasteiger partial charge in [0.05, 0.1) is 0 Å². The molecule has 0 aromatic heterocycles. The SMILES string of the molecule is Cc1ccc(NC(=O)C(=O)N2CCCC2CCCO)cc1. The van der Waals surface area contributed by atoms with Crippen LogP contribution in [-0.2, 0) is 9.59 Å². The minimum Gasteiger partial charge on any atom is -0.396 e. The molecule has 1 aromatic rings. The summed E-state index contributed by atoms with van der Waals surface area (Å²) in [5.74, 6) is -1.06. The molecule has 0 radical (unpaired) electrons. The average molecular weight is 290 g/mol. The first-order valence-electron chi connectivity index (χ1n) is 7.41. The molecule has 5 heteroatoms. The second kappa shape index (κ2) is 7.22. The van der Waals surface area contributed by atoms with Crippen molar-refractivity contribution in [1.82, 2.24) is 4.90 Å². The number of nitrogens with one attached hydrogen (secondary N) is 1. The van der Waals surface area contributed by atoms with Crippen LogP contribution >= 0.6 is 0 Å². The minimum absolute atomic E-state index is 0.0772. The van der Waals surface area contributed by atoms with Crippen LogP contribution in [0.4, 0.5) is 5.69 Å². The predicted octanol–water partition coefficient (Wildman–Crippen LogP) is 1.70. The van der Waals surface area contributed by atoms with E-state index in [1.165, 1.54) is 0 Å². The van der Waals surface area contributed by atoms with Crippen LogP contribution in [0.25, 0.3) is 0 Å². The van der Waals surface area contributed by atoms with Gasteiger partial charge in [0.25, 0.3) is 0 Å². The van der Waals surface area contributed by atoms with Gasteiger partial charge in [0, 0.05) is 24.9 Å². The van der Waals surface area contributed by atoms with Crippen LogP contribution in [0.2, 0.25) is 0 Å². The molecule has 1 heterocycles. The molecule has 1 aromatic carbocycles. The maximum Gasteiger partial charge on any atom is 0.313 e. The first kappa shape index (κ1) is 15.5. The highest BCUT2D eigenvalue weighted by Gasteiger charge is 2.31. The van der Waals surface area contributed by atoms with E-state index in [0.29, 0.717) is 18.7 Å². The number of anilines is 1. The third-order valence-corrected chi connectivity index (χ3v) is 3.84. The molecule has 0 aliphatic carbocycles. The van der Waals surface area contributed by atoms with E-state index in [-0.39, 0.29) is 12.6 Å². The number of aliphatic hydroxyl groups excluding tert-OH is 1. The highest BCUT2D eigenvalue weighted by Crippen LogP contribution is 2.21. The van der Waals surface area contributed by atoms with Crippen LogP contribution in [0.5, 0.6) is 0 Å². The van der Waals surface area contributed by atoms with Crippen LogP contribution in [0, 0.1) is 6.92 Å². The number of nitrogens with zero attached hydrogens (tertiary/aromatic N) is 1. The van der Waals surface area contributed by atoms with E-state index in [1.807, 2.05) is 19.1 Å². The summed E-state index contributed by atoms with van der Waals surface area (Å²) in [7, 11) is 0. The Bertz CT molecular complexity index is 499. The molecule has 2 amide bonds. The molecule has 5 nitrogen and oxygen atoms in total. The summed E-state index contributed by atoms with van der Waals surface area (Å²) < 4.78 is 0. The Balaban J connectivity index is 1.95. The van der Waals surface area contributed by atoms with Gasteiger partial charge in [-0.1, -0.05) is 17.7 Å². The van der Waals surface area contributed by atoms with Crippen molar-refractivity contribution in [3.63, 3.8) is 0 Å². The summed E-state index contributed by atoms with van der Waals surface area (Å²) in [5, 5.41) is 11.5. The van der Waals surface area contributed by atoms with Crippen molar-refractivity contribution in [2.45, 2.75) is 38.6 Å². The fraction of sp³-hybridized carbons (Fsp3) is 0.500. The van der Waals surface area contributed by atoms with Crippen LogP contribution in [0.1, 0.15) is 31.2 Å². The number of hydrogen-bond acceptors (Lipinski definition) is 3. The fourth-order valence-corrected chi connectivity index (χ4v) is 2.68. The maximum atomic E-state index is 12.2. The molecule has 1 atom stereocenters. The summed E-state index contributed by atoms with van der Waals surface area (Å²) in [5.41, 5.74) is 1.73. The molecular formula is C16H22N2O3. The quantitative estimate of drug-likeness (QED) is 0.829. The van der Waals surface area contributed by atoms with Crippen LogP contribution in [-0.4, -0.2) is 41.0 Å². The first-order chi connectivity index (χ1) is 10.1. The molecule has 1 aliphatic heterocycles. The highest BCUT2D eigenvalue weighted by atomic mass is 16.3. The number of carbonyl (C=O) groups is 2. The van der Waals surface area contributed by atoms with E-state index in [0.717, 1.165) is 24.8 Å². The third kappa shape index (κ3) is 4.04. The van der Waals surface area contributed by atoms with E-state index in [4.69, 9.17) is 5.11 Å². The Morgan fingerprint density at radius 1 is 1.33 bits per heavy atom. The van der Waals surface area contributed by atoms with E-state index in [2.05, 4.69) is 5.32 Å². The van der Waals surface area contributed by atoms with Crippen molar-refractivity contribution >= 4 is 17.5 Å². The molecule has 114 valence electrons. The standard InChI is InChI=1S/C16H22N2O3/c1-12-6-8-13(9-7-12)17-15(20)16(21)18-10-2-4-14(18)5-3-11-19/h6-9,14,19H,2-5,10-11H2,1H3,(H,17,20). The lowest BCUT2D eigenvalue weighted by Crippen LogP contribution is -2.42. The zero-order chi connectivity index (χ0) is 15.2. The molecule has 2 N–H and O–H groups in total. The van der Waals surface area contributed by atoms with Gasteiger partial charge >= 0.3 is 11.8 Å². The Hall–Kier alpha value is -1.88. The molecule has 1 saturated heterocycles. The smallest absolute Gasteiger partial charge is 0.313 e. The van der Waals surface area contributed by atoms with Crippen molar-refractivity contribution in [2.24, 2.45) is 0 Å². The van der Waals surface area contributed by atoms with Crippen molar-refractivity contribution in [2.75, 3.05) is 18.5 Å². The normalized spacial score (nSPS) is 17.8. The summed E-state index contributed by atoms with van der Waals surface area (Å²) in [6, 6.07) is 7.43. The van der Waals surface area contributed by atoms with E-state index >= 15 is 0 Å². The molecule has 0 spiro atoms. The first-order valence-corrected chi connectivity index (χ1v) is 7.41. The number of carbonyl (C=O) groups excluding carboxylic acids is 2. The van der Waals surface area contributed by atoms with E-state index in [9.17, 15) is 9.59 Å². The molecule has 2 rings (SSSR count). The molecule has 0 bridgehead atoms.